The Hall–Kier alpha value is -1.55. The lowest BCUT2D eigenvalue weighted by Gasteiger charge is -2.22. The summed E-state index contributed by atoms with van der Waals surface area (Å²) >= 11 is 0. The quantitative estimate of drug-likeness (QED) is 0.818. The predicted molar refractivity (Wildman–Crippen MR) is 77.2 cm³/mol. The van der Waals surface area contributed by atoms with Crippen molar-refractivity contribution in [1.82, 2.24) is 10.2 Å². The minimum atomic E-state index is -0.00411. The summed E-state index contributed by atoms with van der Waals surface area (Å²) in [5, 5.41) is 3.20. The number of methoxy groups -OCH3 is 1. The molecule has 0 fully saturated rings. The maximum Gasteiger partial charge on any atom is 0.226 e. The van der Waals surface area contributed by atoms with Crippen molar-refractivity contribution in [3.63, 3.8) is 0 Å². The highest BCUT2D eigenvalue weighted by Crippen LogP contribution is 2.14. The molecule has 0 aliphatic rings. The largest absolute Gasteiger partial charge is 0.497 e. The van der Waals surface area contributed by atoms with E-state index in [9.17, 15) is 4.79 Å². The van der Waals surface area contributed by atoms with E-state index >= 15 is 0 Å². The normalized spacial score (nSPS) is 12.0. The molecule has 1 atom stereocenters. The number of hydrogen-bond acceptors (Lipinski definition) is 3. The van der Waals surface area contributed by atoms with Crippen LogP contribution in [0.15, 0.2) is 24.3 Å². The van der Waals surface area contributed by atoms with E-state index in [1.807, 2.05) is 45.2 Å². The zero-order valence-corrected chi connectivity index (χ0v) is 12.3. The highest BCUT2D eigenvalue weighted by Gasteiger charge is 2.17. The summed E-state index contributed by atoms with van der Waals surface area (Å²) in [4.78, 5) is 13.9. The van der Waals surface area contributed by atoms with E-state index in [1.165, 1.54) is 0 Å². The van der Waals surface area contributed by atoms with Crippen LogP contribution in [0.4, 0.5) is 0 Å². The SMILES string of the molecule is CCNCC(C)C(=O)N(C)Cc1cccc(OC)c1. The van der Waals surface area contributed by atoms with Crippen molar-refractivity contribution in [1.29, 1.82) is 0 Å². The van der Waals surface area contributed by atoms with E-state index in [-0.39, 0.29) is 11.8 Å². The Bertz CT molecular complexity index is 407. The first-order chi connectivity index (χ1) is 9.08. The molecular weight excluding hydrogens is 240 g/mol. The summed E-state index contributed by atoms with van der Waals surface area (Å²) in [6, 6.07) is 7.80. The van der Waals surface area contributed by atoms with Gasteiger partial charge < -0.3 is 15.0 Å². The molecule has 0 saturated heterocycles. The molecule has 4 heteroatoms. The summed E-state index contributed by atoms with van der Waals surface area (Å²) in [5.41, 5.74) is 1.07. The van der Waals surface area contributed by atoms with Gasteiger partial charge in [-0.2, -0.15) is 0 Å². The maximum atomic E-state index is 12.2. The summed E-state index contributed by atoms with van der Waals surface area (Å²) < 4.78 is 5.18. The van der Waals surface area contributed by atoms with E-state index in [1.54, 1.807) is 12.0 Å². The molecule has 1 N–H and O–H groups in total. The highest BCUT2D eigenvalue weighted by atomic mass is 16.5. The number of carbonyl (C=O) groups excluding carboxylic acids is 1. The van der Waals surface area contributed by atoms with Crippen LogP contribution < -0.4 is 10.1 Å². The van der Waals surface area contributed by atoms with Gasteiger partial charge >= 0.3 is 0 Å². The van der Waals surface area contributed by atoms with Crippen molar-refractivity contribution in [2.24, 2.45) is 5.92 Å². The number of carbonyl (C=O) groups is 1. The lowest BCUT2D eigenvalue weighted by atomic mass is 10.1. The van der Waals surface area contributed by atoms with Crippen LogP contribution in [0, 0.1) is 5.92 Å². The zero-order chi connectivity index (χ0) is 14.3. The van der Waals surface area contributed by atoms with Gasteiger partial charge in [0.25, 0.3) is 0 Å². The molecule has 0 aliphatic heterocycles. The first kappa shape index (κ1) is 15.5. The first-order valence-electron chi connectivity index (χ1n) is 6.67. The van der Waals surface area contributed by atoms with Crippen LogP contribution >= 0.6 is 0 Å². The van der Waals surface area contributed by atoms with E-state index in [2.05, 4.69) is 5.32 Å². The zero-order valence-electron chi connectivity index (χ0n) is 12.3. The summed E-state index contributed by atoms with van der Waals surface area (Å²) in [6.45, 7) is 6.20. The van der Waals surface area contributed by atoms with Crippen molar-refractivity contribution in [3.05, 3.63) is 29.8 Å². The average molecular weight is 264 g/mol. The second-order valence-electron chi connectivity index (χ2n) is 4.75. The van der Waals surface area contributed by atoms with Crippen LogP contribution in [0.25, 0.3) is 0 Å². The standard InChI is InChI=1S/C15H24N2O2/c1-5-16-10-12(2)15(18)17(3)11-13-7-6-8-14(9-13)19-4/h6-9,12,16H,5,10-11H2,1-4H3. The number of benzene rings is 1. The summed E-state index contributed by atoms with van der Waals surface area (Å²) in [5.74, 6) is 0.971. The molecular formula is C15H24N2O2. The molecule has 0 heterocycles. The van der Waals surface area contributed by atoms with Gasteiger partial charge in [-0.05, 0) is 24.2 Å². The fourth-order valence-electron chi connectivity index (χ4n) is 1.95. The first-order valence-corrected chi connectivity index (χ1v) is 6.67. The third kappa shape index (κ3) is 4.91. The molecule has 19 heavy (non-hydrogen) atoms. The van der Waals surface area contributed by atoms with Gasteiger partial charge in [0.15, 0.2) is 0 Å². The van der Waals surface area contributed by atoms with Crippen LogP contribution in [0.5, 0.6) is 5.75 Å². The van der Waals surface area contributed by atoms with E-state index in [0.717, 1.165) is 24.4 Å². The molecule has 0 aromatic heterocycles. The molecule has 1 amide bonds. The number of nitrogens with one attached hydrogen (secondary N) is 1. The van der Waals surface area contributed by atoms with Crippen molar-refractivity contribution in [3.8, 4) is 5.75 Å². The van der Waals surface area contributed by atoms with Crippen LogP contribution in [0.3, 0.4) is 0 Å². The topological polar surface area (TPSA) is 41.6 Å². The molecule has 0 saturated carbocycles. The Morgan fingerprint density at radius 2 is 2.21 bits per heavy atom. The van der Waals surface area contributed by atoms with Crippen molar-refractivity contribution in [2.75, 3.05) is 27.2 Å². The fraction of sp³-hybridized carbons (Fsp3) is 0.533. The summed E-state index contributed by atoms with van der Waals surface area (Å²) in [7, 11) is 3.48. The molecule has 4 nitrogen and oxygen atoms in total. The van der Waals surface area contributed by atoms with Gasteiger partial charge in [0.2, 0.25) is 5.91 Å². The van der Waals surface area contributed by atoms with Gasteiger partial charge in [0, 0.05) is 26.1 Å². The van der Waals surface area contributed by atoms with Gasteiger partial charge in [0.1, 0.15) is 5.75 Å². The lowest BCUT2D eigenvalue weighted by molar-refractivity contribution is -0.134. The third-order valence-electron chi connectivity index (χ3n) is 3.05. The van der Waals surface area contributed by atoms with Gasteiger partial charge in [-0.15, -0.1) is 0 Å². The van der Waals surface area contributed by atoms with Gasteiger partial charge in [-0.3, -0.25) is 4.79 Å². The smallest absolute Gasteiger partial charge is 0.226 e. The van der Waals surface area contributed by atoms with Crippen LogP contribution in [-0.2, 0) is 11.3 Å². The number of rotatable bonds is 7. The van der Waals surface area contributed by atoms with Gasteiger partial charge in [0.05, 0.1) is 7.11 Å². The summed E-state index contributed by atoms with van der Waals surface area (Å²) in [6.07, 6.45) is 0. The minimum Gasteiger partial charge on any atom is -0.497 e. The van der Waals surface area contributed by atoms with Crippen molar-refractivity contribution >= 4 is 5.91 Å². The van der Waals surface area contributed by atoms with Crippen molar-refractivity contribution in [2.45, 2.75) is 20.4 Å². The molecule has 1 rings (SSSR count). The number of amides is 1. The Kier molecular flexibility index (Phi) is 6.36. The molecule has 1 aromatic carbocycles. The highest BCUT2D eigenvalue weighted by molar-refractivity contribution is 5.78. The maximum absolute atomic E-state index is 12.2. The Morgan fingerprint density at radius 1 is 1.47 bits per heavy atom. The second kappa shape index (κ2) is 7.79. The van der Waals surface area contributed by atoms with Crippen LogP contribution in [0.2, 0.25) is 0 Å². The Morgan fingerprint density at radius 3 is 2.84 bits per heavy atom. The molecule has 0 spiro atoms. The predicted octanol–water partition coefficient (Wildman–Crippen LogP) is 1.90. The molecule has 0 bridgehead atoms. The Labute approximate surface area is 115 Å². The third-order valence-corrected chi connectivity index (χ3v) is 3.05. The number of hydrogen-bond donors (Lipinski definition) is 1. The lowest BCUT2D eigenvalue weighted by Crippen LogP contribution is -2.36. The number of nitrogens with zero attached hydrogens (tertiary/aromatic N) is 1. The van der Waals surface area contributed by atoms with Gasteiger partial charge in [-0.1, -0.05) is 26.0 Å². The molecule has 1 unspecified atom stereocenters. The monoisotopic (exact) mass is 264 g/mol. The van der Waals surface area contributed by atoms with Crippen LogP contribution in [-0.4, -0.2) is 38.1 Å². The molecule has 0 radical (unpaired) electrons. The van der Waals surface area contributed by atoms with E-state index < -0.39 is 0 Å². The second-order valence-corrected chi connectivity index (χ2v) is 4.75. The number of ether oxygens (including phenoxy) is 1. The molecule has 0 aliphatic carbocycles. The Balaban J connectivity index is 2.57. The van der Waals surface area contributed by atoms with Crippen molar-refractivity contribution < 1.29 is 9.53 Å². The van der Waals surface area contributed by atoms with Gasteiger partial charge in [-0.25, -0.2) is 0 Å². The average Bonchev–Trinajstić information content (AvgIpc) is 2.43. The molecule has 106 valence electrons. The minimum absolute atomic E-state index is 0.00411. The fourth-order valence-corrected chi connectivity index (χ4v) is 1.95. The molecule has 1 aromatic rings. The van der Waals surface area contributed by atoms with Crippen LogP contribution in [0.1, 0.15) is 19.4 Å². The van der Waals surface area contributed by atoms with E-state index in [4.69, 9.17) is 4.74 Å². The van der Waals surface area contributed by atoms with E-state index in [0.29, 0.717) is 6.54 Å².